The van der Waals surface area contributed by atoms with Crippen LogP contribution in [0.1, 0.15) is 27.8 Å². The third-order valence-electron chi connectivity index (χ3n) is 6.03. The highest BCUT2D eigenvalue weighted by Crippen LogP contribution is 2.56. The van der Waals surface area contributed by atoms with Crippen LogP contribution in [-0.2, 0) is 5.41 Å². The topological polar surface area (TPSA) is 49.9 Å². The zero-order valence-electron chi connectivity index (χ0n) is 16.5. The molecule has 0 amide bonds. The van der Waals surface area contributed by atoms with Gasteiger partial charge < -0.3 is 11.1 Å². The molecule has 4 aromatic rings. The van der Waals surface area contributed by atoms with E-state index < -0.39 is 5.41 Å². The van der Waals surface area contributed by atoms with E-state index in [1.807, 2.05) is 6.07 Å². The second-order valence-electron chi connectivity index (χ2n) is 7.56. The number of hydrogen-bond donors (Lipinski definition) is 2. The highest BCUT2D eigenvalue weighted by molar-refractivity contribution is 6.07. The van der Waals surface area contributed by atoms with Crippen LogP contribution in [0.2, 0.25) is 0 Å². The van der Waals surface area contributed by atoms with Gasteiger partial charge in [-0.1, -0.05) is 97.1 Å². The maximum absolute atomic E-state index is 8.43. The number of rotatable bonds is 4. The van der Waals surface area contributed by atoms with Gasteiger partial charge in [-0.2, -0.15) is 0 Å². The van der Waals surface area contributed by atoms with Crippen molar-refractivity contribution in [3.8, 4) is 11.1 Å². The van der Waals surface area contributed by atoms with Gasteiger partial charge in [0.05, 0.1) is 11.1 Å². The van der Waals surface area contributed by atoms with E-state index >= 15 is 0 Å². The summed E-state index contributed by atoms with van der Waals surface area (Å²) in [6.45, 7) is 0. The van der Waals surface area contributed by atoms with Gasteiger partial charge in [-0.3, -0.25) is 0 Å². The maximum atomic E-state index is 8.43. The van der Waals surface area contributed by atoms with Gasteiger partial charge in [0.15, 0.2) is 0 Å². The van der Waals surface area contributed by atoms with Crippen molar-refractivity contribution in [3.63, 3.8) is 0 Å². The van der Waals surface area contributed by atoms with Gasteiger partial charge in [-0.25, -0.2) is 0 Å². The molecule has 0 aromatic heterocycles. The zero-order valence-corrected chi connectivity index (χ0v) is 16.5. The van der Waals surface area contributed by atoms with E-state index in [1.165, 1.54) is 39.6 Å². The average molecular weight is 386 g/mol. The van der Waals surface area contributed by atoms with E-state index in [1.54, 1.807) is 6.08 Å². The summed E-state index contributed by atoms with van der Waals surface area (Å²) in [5, 5.41) is 8.43. The number of nitrogens with two attached hydrogens (primary N) is 1. The summed E-state index contributed by atoms with van der Waals surface area (Å²) in [5.74, 6) is 0. The third-order valence-corrected chi connectivity index (χ3v) is 6.03. The Bertz CT molecular complexity index is 1210. The quantitative estimate of drug-likeness (QED) is 0.372. The van der Waals surface area contributed by atoms with Crippen LogP contribution in [0.15, 0.2) is 115 Å². The summed E-state index contributed by atoms with van der Waals surface area (Å²) in [4.78, 5) is 0. The molecule has 1 aliphatic rings. The number of fused-ring (bicyclic) bond motifs is 3. The van der Waals surface area contributed by atoms with Crippen LogP contribution < -0.4 is 5.73 Å². The molecule has 0 saturated carbocycles. The minimum absolute atomic E-state index is 0.409. The van der Waals surface area contributed by atoms with Gasteiger partial charge in [0.1, 0.15) is 0 Å². The largest absolute Gasteiger partial charge is 0.405 e. The Morgan fingerprint density at radius 2 is 1.23 bits per heavy atom. The summed E-state index contributed by atoms with van der Waals surface area (Å²) < 4.78 is 0. The van der Waals surface area contributed by atoms with Crippen LogP contribution in [0.3, 0.4) is 0 Å². The Morgan fingerprint density at radius 3 is 1.87 bits per heavy atom. The van der Waals surface area contributed by atoms with Gasteiger partial charge in [0, 0.05) is 0 Å². The summed E-state index contributed by atoms with van der Waals surface area (Å²) in [6, 6.07) is 36.3. The summed E-state index contributed by atoms with van der Waals surface area (Å²) >= 11 is 0. The molecule has 5 rings (SSSR count). The third kappa shape index (κ3) is 2.54. The van der Waals surface area contributed by atoms with Crippen LogP contribution in [-0.4, -0.2) is 5.71 Å². The van der Waals surface area contributed by atoms with E-state index in [0.717, 1.165) is 5.56 Å². The van der Waals surface area contributed by atoms with E-state index in [0.29, 0.717) is 5.71 Å². The molecule has 1 aliphatic carbocycles. The first kappa shape index (κ1) is 18.1. The Kier molecular flexibility index (Phi) is 4.33. The van der Waals surface area contributed by atoms with Gasteiger partial charge in [0.2, 0.25) is 0 Å². The molecule has 144 valence electrons. The number of allylic oxidation sites excluding steroid dienone is 1. The summed E-state index contributed by atoms with van der Waals surface area (Å²) in [6.07, 6.45) is 3.06. The molecule has 0 fully saturated rings. The molecule has 0 bridgehead atoms. The molecule has 30 heavy (non-hydrogen) atoms. The molecular formula is C28H22N2. The maximum Gasteiger partial charge on any atom is 0.0713 e. The second-order valence-corrected chi connectivity index (χ2v) is 7.56. The van der Waals surface area contributed by atoms with E-state index in [-0.39, 0.29) is 0 Å². The molecule has 2 nitrogen and oxygen atoms in total. The summed E-state index contributed by atoms with van der Waals surface area (Å²) in [7, 11) is 0. The van der Waals surface area contributed by atoms with Gasteiger partial charge >= 0.3 is 0 Å². The lowest BCUT2D eigenvalue weighted by Gasteiger charge is -2.34. The Hall–Kier alpha value is -3.91. The van der Waals surface area contributed by atoms with Crippen molar-refractivity contribution in [1.29, 1.82) is 5.41 Å². The van der Waals surface area contributed by atoms with Gasteiger partial charge in [0.25, 0.3) is 0 Å². The first-order chi connectivity index (χ1) is 14.8. The zero-order chi connectivity index (χ0) is 20.6. The van der Waals surface area contributed by atoms with Crippen molar-refractivity contribution in [2.75, 3.05) is 0 Å². The molecule has 2 heteroatoms. The van der Waals surface area contributed by atoms with Crippen molar-refractivity contribution in [2.45, 2.75) is 5.41 Å². The van der Waals surface area contributed by atoms with E-state index in [9.17, 15) is 0 Å². The fraction of sp³-hybridized carbons (Fsp3) is 0.0357. The first-order valence-corrected chi connectivity index (χ1v) is 10.1. The molecule has 3 N–H and O–H groups in total. The fourth-order valence-electron chi connectivity index (χ4n) is 4.80. The molecular weight excluding hydrogens is 364 g/mol. The molecule has 0 radical (unpaired) electrons. The van der Waals surface area contributed by atoms with E-state index in [2.05, 4.69) is 97.1 Å². The van der Waals surface area contributed by atoms with Gasteiger partial charge in [-0.15, -0.1) is 0 Å². The molecule has 0 unspecified atom stereocenters. The van der Waals surface area contributed by atoms with Crippen LogP contribution in [0, 0.1) is 5.41 Å². The van der Waals surface area contributed by atoms with Crippen molar-refractivity contribution in [2.24, 2.45) is 5.73 Å². The highest BCUT2D eigenvalue weighted by atomic mass is 14.5. The predicted molar refractivity (Wildman–Crippen MR) is 124 cm³/mol. The average Bonchev–Trinajstić information content (AvgIpc) is 3.11. The van der Waals surface area contributed by atoms with Crippen molar-refractivity contribution >= 4 is 5.71 Å². The molecule has 0 atom stereocenters. The Morgan fingerprint density at radius 1 is 0.667 bits per heavy atom. The second kappa shape index (κ2) is 7.16. The highest BCUT2D eigenvalue weighted by Gasteiger charge is 2.45. The number of benzene rings is 4. The predicted octanol–water partition coefficient (Wildman–Crippen LogP) is 5.89. The monoisotopic (exact) mass is 386 g/mol. The molecule has 0 spiro atoms. The lowest BCUT2D eigenvalue weighted by atomic mass is 9.67. The van der Waals surface area contributed by atoms with Crippen LogP contribution >= 0.6 is 0 Å². The van der Waals surface area contributed by atoms with E-state index in [4.69, 9.17) is 11.1 Å². The lowest BCUT2D eigenvalue weighted by molar-refractivity contribution is 0.768. The van der Waals surface area contributed by atoms with Crippen molar-refractivity contribution in [3.05, 3.63) is 143 Å². The minimum atomic E-state index is -0.433. The molecule has 0 saturated heterocycles. The molecule has 0 aliphatic heterocycles. The smallest absolute Gasteiger partial charge is 0.0713 e. The standard InChI is InChI=1S/C28H22N2/c29-18-17-27(30)20-15-16-24-23-13-7-8-14-25(23)28(26(24)19-20,21-9-3-1-4-10-21)22-11-5-2-6-12-22/h1-19,30H,29H2. The summed E-state index contributed by atoms with van der Waals surface area (Å²) in [5.41, 5.74) is 13.8. The Balaban J connectivity index is 1.92. The number of hydrogen-bond acceptors (Lipinski definition) is 2. The normalized spacial score (nSPS) is 13.7. The van der Waals surface area contributed by atoms with Crippen molar-refractivity contribution < 1.29 is 0 Å². The van der Waals surface area contributed by atoms with Crippen LogP contribution in [0.5, 0.6) is 0 Å². The first-order valence-electron chi connectivity index (χ1n) is 10.1. The Labute approximate surface area is 176 Å². The minimum Gasteiger partial charge on any atom is -0.405 e. The SMILES string of the molecule is N=C(C=CN)c1ccc2c(c1)C(c1ccccc1)(c1ccccc1)c1ccccc1-2. The van der Waals surface area contributed by atoms with Crippen LogP contribution in [0.25, 0.3) is 11.1 Å². The lowest BCUT2D eigenvalue weighted by Crippen LogP contribution is -2.28. The van der Waals surface area contributed by atoms with Gasteiger partial charge in [-0.05, 0) is 57.3 Å². The molecule has 4 aromatic carbocycles. The fourth-order valence-corrected chi connectivity index (χ4v) is 4.80. The van der Waals surface area contributed by atoms with Crippen LogP contribution in [0.4, 0.5) is 0 Å². The molecule has 0 heterocycles. The van der Waals surface area contributed by atoms with Crippen molar-refractivity contribution in [1.82, 2.24) is 0 Å². The number of nitrogens with one attached hydrogen (secondary N) is 1.